The molecule has 0 atom stereocenters. The van der Waals surface area contributed by atoms with E-state index in [9.17, 15) is 14.0 Å². The fourth-order valence-electron chi connectivity index (χ4n) is 4.07. The summed E-state index contributed by atoms with van der Waals surface area (Å²) >= 11 is 0. The number of carbonyl (C=O) groups is 1. The van der Waals surface area contributed by atoms with Gasteiger partial charge in [0.05, 0.1) is 11.1 Å². The quantitative estimate of drug-likeness (QED) is 0.360. The van der Waals surface area contributed by atoms with E-state index >= 15 is 0 Å². The normalized spacial score (nSPS) is 13.4. The van der Waals surface area contributed by atoms with Crippen LogP contribution >= 0.6 is 0 Å². The minimum Gasteiger partial charge on any atom is -0.369 e. The zero-order valence-corrected chi connectivity index (χ0v) is 19.4. The summed E-state index contributed by atoms with van der Waals surface area (Å²) in [6, 6.07) is 13.5. The maximum atomic E-state index is 14.9. The van der Waals surface area contributed by atoms with Gasteiger partial charge >= 0.3 is 0 Å². The molecule has 2 aromatic carbocycles. The van der Waals surface area contributed by atoms with Gasteiger partial charge in [-0.3, -0.25) is 9.59 Å². The van der Waals surface area contributed by atoms with E-state index in [0.717, 1.165) is 31.9 Å². The van der Waals surface area contributed by atoms with Gasteiger partial charge in [-0.05, 0) is 42.5 Å². The number of hydrogen-bond donors (Lipinski definition) is 3. The van der Waals surface area contributed by atoms with Crippen molar-refractivity contribution in [3.8, 4) is 5.69 Å². The summed E-state index contributed by atoms with van der Waals surface area (Å²) in [7, 11) is 0. The van der Waals surface area contributed by atoms with Gasteiger partial charge in [0.1, 0.15) is 5.82 Å². The molecule has 182 valence electrons. The Kier molecular flexibility index (Phi) is 6.42. The molecule has 36 heavy (non-hydrogen) atoms. The van der Waals surface area contributed by atoms with E-state index in [1.54, 1.807) is 35.0 Å². The number of aromatic nitrogens is 3. The van der Waals surface area contributed by atoms with Crippen LogP contribution in [0.15, 0.2) is 78.4 Å². The van der Waals surface area contributed by atoms with Gasteiger partial charge in [-0.25, -0.2) is 9.37 Å². The van der Waals surface area contributed by atoms with Crippen LogP contribution in [0.3, 0.4) is 0 Å². The summed E-state index contributed by atoms with van der Waals surface area (Å²) in [5.41, 5.74) is 2.37. The van der Waals surface area contributed by atoms with E-state index in [2.05, 4.69) is 37.4 Å². The van der Waals surface area contributed by atoms with E-state index in [1.807, 2.05) is 12.1 Å². The standard InChI is InChI=1S/C26H24FN7O2/c1-2-24(36)30-17-4-3-5-19(14-17)34-11-8-23(35)20-16-29-26(32-25(20)34)31-22-7-6-18(15-21(22)27)33-12-9-28-10-13-33/h2-8,11,14-16,28H,1,9-10,12-13H2,(H,30,36)(H,29,31,32). The molecule has 1 amide bonds. The van der Waals surface area contributed by atoms with Crippen molar-refractivity contribution in [2.75, 3.05) is 41.7 Å². The Hall–Kier alpha value is -4.57. The van der Waals surface area contributed by atoms with Gasteiger partial charge in [-0.1, -0.05) is 12.6 Å². The molecule has 3 heterocycles. The summed E-state index contributed by atoms with van der Waals surface area (Å²) in [5.74, 6) is -0.617. The van der Waals surface area contributed by atoms with Crippen LogP contribution in [-0.2, 0) is 4.79 Å². The highest BCUT2D eigenvalue weighted by Crippen LogP contribution is 2.25. The molecule has 1 fully saturated rings. The average molecular weight is 486 g/mol. The zero-order chi connectivity index (χ0) is 25.1. The van der Waals surface area contributed by atoms with Crippen LogP contribution in [0.5, 0.6) is 0 Å². The van der Waals surface area contributed by atoms with Crippen molar-refractivity contribution < 1.29 is 9.18 Å². The van der Waals surface area contributed by atoms with Crippen molar-refractivity contribution in [2.24, 2.45) is 0 Å². The lowest BCUT2D eigenvalue weighted by Gasteiger charge is -2.29. The maximum Gasteiger partial charge on any atom is 0.247 e. The molecule has 0 unspecified atom stereocenters. The van der Waals surface area contributed by atoms with Crippen molar-refractivity contribution in [1.82, 2.24) is 19.9 Å². The molecule has 0 radical (unpaired) electrons. The molecular weight excluding hydrogens is 461 g/mol. The van der Waals surface area contributed by atoms with Crippen molar-refractivity contribution in [1.29, 1.82) is 0 Å². The Labute approximate surface area is 206 Å². The Balaban J connectivity index is 1.48. The third-order valence-electron chi connectivity index (χ3n) is 5.90. The number of benzene rings is 2. The Morgan fingerprint density at radius 2 is 1.94 bits per heavy atom. The number of piperazine rings is 1. The van der Waals surface area contributed by atoms with Crippen LogP contribution in [0, 0.1) is 5.82 Å². The summed E-state index contributed by atoms with van der Waals surface area (Å²) in [5, 5.41) is 9.22. The van der Waals surface area contributed by atoms with Gasteiger partial charge in [-0.15, -0.1) is 0 Å². The lowest BCUT2D eigenvalue weighted by atomic mass is 10.2. The maximum absolute atomic E-state index is 14.9. The lowest BCUT2D eigenvalue weighted by molar-refractivity contribution is -0.111. The first-order valence-electron chi connectivity index (χ1n) is 11.5. The fourth-order valence-corrected chi connectivity index (χ4v) is 4.07. The van der Waals surface area contributed by atoms with E-state index < -0.39 is 5.82 Å². The smallest absolute Gasteiger partial charge is 0.247 e. The summed E-state index contributed by atoms with van der Waals surface area (Å²) < 4.78 is 16.6. The molecule has 5 rings (SSSR count). The highest BCUT2D eigenvalue weighted by molar-refractivity contribution is 5.99. The molecular formula is C26H24FN7O2. The van der Waals surface area contributed by atoms with Crippen LogP contribution in [0.2, 0.25) is 0 Å². The first kappa shape index (κ1) is 23.2. The van der Waals surface area contributed by atoms with Crippen molar-refractivity contribution in [2.45, 2.75) is 0 Å². The third-order valence-corrected chi connectivity index (χ3v) is 5.90. The van der Waals surface area contributed by atoms with Gasteiger partial charge in [-0.2, -0.15) is 4.98 Å². The van der Waals surface area contributed by atoms with Gasteiger partial charge in [0.15, 0.2) is 11.1 Å². The number of carbonyl (C=O) groups excluding carboxylic acids is 1. The third kappa shape index (κ3) is 4.80. The minimum absolute atomic E-state index is 0.145. The highest BCUT2D eigenvalue weighted by atomic mass is 19.1. The summed E-state index contributed by atoms with van der Waals surface area (Å²) in [6.45, 7) is 6.81. The molecule has 3 N–H and O–H groups in total. The minimum atomic E-state index is -0.425. The fraction of sp³-hybridized carbons (Fsp3) is 0.154. The molecule has 1 aliphatic heterocycles. The van der Waals surface area contributed by atoms with E-state index in [0.29, 0.717) is 22.4 Å². The van der Waals surface area contributed by atoms with Crippen LogP contribution in [-0.4, -0.2) is 46.6 Å². The van der Waals surface area contributed by atoms with E-state index in [-0.39, 0.29) is 23.0 Å². The molecule has 0 aliphatic carbocycles. The largest absolute Gasteiger partial charge is 0.369 e. The molecule has 4 aromatic rings. The molecule has 9 nitrogen and oxygen atoms in total. The number of anilines is 4. The second-order valence-corrected chi connectivity index (χ2v) is 8.25. The monoisotopic (exact) mass is 485 g/mol. The predicted molar refractivity (Wildman–Crippen MR) is 139 cm³/mol. The van der Waals surface area contributed by atoms with Crippen molar-refractivity contribution in [3.05, 3.63) is 89.6 Å². The van der Waals surface area contributed by atoms with E-state index in [4.69, 9.17) is 0 Å². The SMILES string of the molecule is C=CC(=O)Nc1cccc(-n2ccc(=O)c3cnc(Nc4ccc(N5CCNCC5)cc4F)nc32)c1. The molecule has 0 spiro atoms. The number of halogens is 1. The topological polar surface area (TPSA) is 104 Å². The summed E-state index contributed by atoms with van der Waals surface area (Å²) in [6.07, 6.45) is 4.20. The van der Waals surface area contributed by atoms with Crippen LogP contribution in [0.1, 0.15) is 0 Å². The average Bonchev–Trinajstić information content (AvgIpc) is 2.90. The van der Waals surface area contributed by atoms with Crippen LogP contribution in [0.25, 0.3) is 16.7 Å². The number of hydrogen-bond acceptors (Lipinski definition) is 7. The Bertz CT molecular complexity index is 1510. The number of nitrogens with one attached hydrogen (secondary N) is 3. The second-order valence-electron chi connectivity index (χ2n) is 8.25. The predicted octanol–water partition coefficient (Wildman–Crippen LogP) is 3.20. The number of nitrogens with zero attached hydrogens (tertiary/aromatic N) is 4. The van der Waals surface area contributed by atoms with Gasteiger partial charge in [0.25, 0.3) is 0 Å². The molecule has 0 bridgehead atoms. The first-order valence-corrected chi connectivity index (χ1v) is 11.5. The van der Waals surface area contributed by atoms with Crippen molar-refractivity contribution >= 4 is 40.0 Å². The summed E-state index contributed by atoms with van der Waals surface area (Å²) in [4.78, 5) is 35.0. The Morgan fingerprint density at radius 1 is 1.11 bits per heavy atom. The van der Waals surface area contributed by atoms with Gasteiger partial charge in [0, 0.05) is 61.7 Å². The molecule has 0 saturated carbocycles. The number of fused-ring (bicyclic) bond motifs is 1. The molecule has 1 aliphatic rings. The zero-order valence-electron chi connectivity index (χ0n) is 19.4. The van der Waals surface area contributed by atoms with Crippen LogP contribution < -0.4 is 26.3 Å². The lowest BCUT2D eigenvalue weighted by Crippen LogP contribution is -2.43. The second kappa shape index (κ2) is 9.96. The van der Waals surface area contributed by atoms with Gasteiger partial charge in [0.2, 0.25) is 11.9 Å². The highest BCUT2D eigenvalue weighted by Gasteiger charge is 2.14. The molecule has 10 heteroatoms. The van der Waals surface area contributed by atoms with Crippen LogP contribution in [0.4, 0.5) is 27.4 Å². The molecule has 2 aromatic heterocycles. The number of rotatable bonds is 6. The van der Waals surface area contributed by atoms with Gasteiger partial charge < -0.3 is 25.4 Å². The molecule has 1 saturated heterocycles. The van der Waals surface area contributed by atoms with E-state index in [1.165, 1.54) is 24.4 Å². The first-order chi connectivity index (χ1) is 17.5. The Morgan fingerprint density at radius 3 is 2.72 bits per heavy atom. The van der Waals surface area contributed by atoms with Crippen molar-refractivity contribution in [3.63, 3.8) is 0 Å². The number of amides is 1. The number of pyridine rings is 1.